The number of hydrogen-bond donors (Lipinski definition) is 2. The van der Waals surface area contributed by atoms with Crippen molar-refractivity contribution in [1.82, 2.24) is 0 Å². The summed E-state index contributed by atoms with van der Waals surface area (Å²) >= 11 is 6.20. The molecule has 0 spiro atoms. The second-order valence-electron chi connectivity index (χ2n) is 7.35. The highest BCUT2D eigenvalue weighted by Crippen LogP contribution is 2.32. The second kappa shape index (κ2) is 9.60. The van der Waals surface area contributed by atoms with Crippen molar-refractivity contribution < 1.29 is 14.3 Å². The van der Waals surface area contributed by atoms with E-state index in [1.807, 2.05) is 46.8 Å². The average molecular weight is 403 g/mol. The van der Waals surface area contributed by atoms with Crippen LogP contribution < -0.4 is 15.4 Å². The van der Waals surface area contributed by atoms with E-state index in [9.17, 15) is 9.59 Å². The Kier molecular flexibility index (Phi) is 7.46. The summed E-state index contributed by atoms with van der Waals surface area (Å²) in [6, 6.07) is 10.7. The van der Waals surface area contributed by atoms with Crippen LogP contribution in [0.3, 0.4) is 0 Å². The molecule has 2 N–H and O–H groups in total. The molecule has 0 aliphatic heterocycles. The highest BCUT2D eigenvalue weighted by atomic mass is 35.5. The van der Waals surface area contributed by atoms with Gasteiger partial charge in [0.25, 0.3) is 5.91 Å². The van der Waals surface area contributed by atoms with E-state index in [2.05, 4.69) is 10.6 Å². The number of amides is 2. The topological polar surface area (TPSA) is 67.4 Å². The van der Waals surface area contributed by atoms with E-state index in [0.29, 0.717) is 22.1 Å². The molecule has 0 saturated heterocycles. The van der Waals surface area contributed by atoms with Crippen molar-refractivity contribution in [2.45, 2.75) is 40.5 Å². The van der Waals surface area contributed by atoms with Gasteiger partial charge in [-0.2, -0.15) is 0 Å². The number of anilines is 2. The fourth-order valence-corrected chi connectivity index (χ4v) is 2.68. The third kappa shape index (κ3) is 5.99. The first kappa shape index (κ1) is 21.8. The molecule has 0 radical (unpaired) electrons. The molecule has 28 heavy (non-hydrogen) atoms. The quantitative estimate of drug-likeness (QED) is 0.652. The predicted octanol–water partition coefficient (Wildman–Crippen LogP) is 5.38. The first-order valence-corrected chi connectivity index (χ1v) is 9.68. The number of aryl methyl sites for hydroxylation is 1. The number of nitrogens with one attached hydrogen (secondary N) is 2. The van der Waals surface area contributed by atoms with Crippen LogP contribution in [-0.4, -0.2) is 18.4 Å². The summed E-state index contributed by atoms with van der Waals surface area (Å²) in [7, 11) is 0. The minimum absolute atomic E-state index is 0.0515. The molecule has 0 fully saturated rings. The summed E-state index contributed by atoms with van der Waals surface area (Å²) in [6.45, 7) is 9.56. The minimum Gasteiger partial charge on any atom is -0.483 e. The molecular weight excluding hydrogens is 376 g/mol. The molecule has 2 aromatic carbocycles. The van der Waals surface area contributed by atoms with Gasteiger partial charge in [-0.3, -0.25) is 9.59 Å². The zero-order valence-corrected chi connectivity index (χ0v) is 17.7. The maximum atomic E-state index is 12.2. The van der Waals surface area contributed by atoms with Crippen LogP contribution in [0, 0.1) is 12.8 Å². The SMILES string of the molecule is Cc1cc(OCC(=O)Nc2ccc(NC(=O)C(C)C)cc2)c(C(C)C)cc1Cl. The molecule has 6 heteroatoms. The number of carbonyl (C=O) groups is 2. The molecule has 0 unspecified atom stereocenters. The van der Waals surface area contributed by atoms with Crippen LogP contribution in [0.5, 0.6) is 5.75 Å². The monoisotopic (exact) mass is 402 g/mol. The number of carbonyl (C=O) groups excluding carboxylic acids is 2. The molecule has 0 aliphatic carbocycles. The average Bonchev–Trinajstić information content (AvgIpc) is 2.63. The summed E-state index contributed by atoms with van der Waals surface area (Å²) < 4.78 is 5.74. The highest BCUT2D eigenvalue weighted by molar-refractivity contribution is 6.31. The second-order valence-corrected chi connectivity index (χ2v) is 7.76. The van der Waals surface area contributed by atoms with Gasteiger partial charge in [0.2, 0.25) is 5.91 Å². The molecule has 0 atom stereocenters. The van der Waals surface area contributed by atoms with Crippen molar-refractivity contribution in [3.05, 3.63) is 52.5 Å². The molecule has 0 saturated carbocycles. The molecule has 150 valence electrons. The Balaban J connectivity index is 1.96. The van der Waals surface area contributed by atoms with Gasteiger partial charge < -0.3 is 15.4 Å². The van der Waals surface area contributed by atoms with Crippen LogP contribution in [0.1, 0.15) is 44.7 Å². The third-order valence-electron chi connectivity index (χ3n) is 4.23. The Hall–Kier alpha value is -2.53. The number of benzene rings is 2. The first-order valence-electron chi connectivity index (χ1n) is 9.31. The van der Waals surface area contributed by atoms with Gasteiger partial charge in [0.15, 0.2) is 6.61 Å². The van der Waals surface area contributed by atoms with Crippen LogP contribution in [-0.2, 0) is 9.59 Å². The molecular formula is C22H27ClN2O3. The standard InChI is InChI=1S/C22H27ClN2O3/c1-13(2)18-11-19(23)15(5)10-20(18)28-12-21(26)24-16-6-8-17(9-7-16)25-22(27)14(3)4/h6-11,13-14H,12H2,1-5H3,(H,24,26)(H,25,27). The zero-order valence-electron chi connectivity index (χ0n) is 16.9. The number of ether oxygens (including phenoxy) is 1. The van der Waals surface area contributed by atoms with E-state index >= 15 is 0 Å². The van der Waals surface area contributed by atoms with Crippen LogP contribution >= 0.6 is 11.6 Å². The van der Waals surface area contributed by atoms with Gasteiger partial charge in [-0.1, -0.05) is 39.3 Å². The van der Waals surface area contributed by atoms with Gasteiger partial charge in [0.1, 0.15) is 5.75 Å². The third-order valence-corrected chi connectivity index (χ3v) is 4.64. The van der Waals surface area contributed by atoms with Gasteiger partial charge in [0, 0.05) is 22.3 Å². The van der Waals surface area contributed by atoms with Gasteiger partial charge in [-0.25, -0.2) is 0 Å². The number of rotatable bonds is 7. The Bertz CT molecular complexity index is 846. The molecule has 0 aliphatic rings. The largest absolute Gasteiger partial charge is 0.483 e. The lowest BCUT2D eigenvalue weighted by atomic mass is 10.0. The smallest absolute Gasteiger partial charge is 0.262 e. The molecule has 0 bridgehead atoms. The maximum Gasteiger partial charge on any atom is 0.262 e. The normalized spacial score (nSPS) is 10.9. The molecule has 2 rings (SSSR count). The van der Waals surface area contributed by atoms with Crippen molar-refractivity contribution in [2.75, 3.05) is 17.2 Å². The van der Waals surface area contributed by atoms with Gasteiger partial charge in [0.05, 0.1) is 0 Å². The summed E-state index contributed by atoms with van der Waals surface area (Å²) in [4.78, 5) is 23.9. The van der Waals surface area contributed by atoms with Crippen LogP contribution in [0.4, 0.5) is 11.4 Å². The summed E-state index contributed by atoms with van der Waals surface area (Å²) in [5.41, 5.74) is 3.19. The number of halogens is 1. The van der Waals surface area contributed by atoms with E-state index in [0.717, 1.165) is 11.1 Å². The van der Waals surface area contributed by atoms with Crippen molar-refractivity contribution in [3.8, 4) is 5.75 Å². The predicted molar refractivity (Wildman–Crippen MR) is 114 cm³/mol. The van der Waals surface area contributed by atoms with Crippen molar-refractivity contribution in [2.24, 2.45) is 5.92 Å². The Labute approximate surface area is 171 Å². The van der Waals surface area contributed by atoms with E-state index in [4.69, 9.17) is 16.3 Å². The van der Waals surface area contributed by atoms with Crippen LogP contribution in [0.15, 0.2) is 36.4 Å². The summed E-state index contributed by atoms with van der Waals surface area (Å²) in [6.07, 6.45) is 0. The molecule has 2 aromatic rings. The maximum absolute atomic E-state index is 12.2. The molecule has 5 nitrogen and oxygen atoms in total. The lowest BCUT2D eigenvalue weighted by Crippen LogP contribution is -2.21. The van der Waals surface area contributed by atoms with Gasteiger partial charge in [-0.15, -0.1) is 0 Å². The zero-order chi connectivity index (χ0) is 20.8. The van der Waals surface area contributed by atoms with Gasteiger partial charge in [-0.05, 0) is 60.4 Å². The van der Waals surface area contributed by atoms with E-state index in [-0.39, 0.29) is 30.3 Å². The lowest BCUT2D eigenvalue weighted by Gasteiger charge is -2.16. The minimum atomic E-state index is -0.263. The summed E-state index contributed by atoms with van der Waals surface area (Å²) in [5.74, 6) is 0.484. The fraction of sp³-hybridized carbons (Fsp3) is 0.364. The fourth-order valence-electron chi connectivity index (χ4n) is 2.51. The van der Waals surface area contributed by atoms with Crippen LogP contribution in [0.25, 0.3) is 0 Å². The highest BCUT2D eigenvalue weighted by Gasteiger charge is 2.13. The molecule has 2 amide bonds. The first-order chi connectivity index (χ1) is 13.2. The Morgan fingerprint density at radius 3 is 2.11 bits per heavy atom. The van der Waals surface area contributed by atoms with E-state index < -0.39 is 0 Å². The Morgan fingerprint density at radius 2 is 1.57 bits per heavy atom. The van der Waals surface area contributed by atoms with Crippen LogP contribution in [0.2, 0.25) is 5.02 Å². The number of hydrogen-bond acceptors (Lipinski definition) is 3. The summed E-state index contributed by atoms with van der Waals surface area (Å²) in [5, 5.41) is 6.28. The van der Waals surface area contributed by atoms with Crippen molar-refractivity contribution in [3.63, 3.8) is 0 Å². The van der Waals surface area contributed by atoms with E-state index in [1.54, 1.807) is 24.3 Å². The van der Waals surface area contributed by atoms with Crippen molar-refractivity contribution in [1.29, 1.82) is 0 Å². The molecule has 0 heterocycles. The van der Waals surface area contributed by atoms with Gasteiger partial charge >= 0.3 is 0 Å². The van der Waals surface area contributed by atoms with E-state index in [1.165, 1.54) is 0 Å². The van der Waals surface area contributed by atoms with Crippen molar-refractivity contribution >= 4 is 34.8 Å². The Morgan fingerprint density at radius 1 is 1.00 bits per heavy atom. The lowest BCUT2D eigenvalue weighted by molar-refractivity contribution is -0.119. The molecule has 0 aromatic heterocycles.